The molecule has 1 fully saturated rings. The van der Waals surface area contributed by atoms with E-state index in [1.54, 1.807) is 31.2 Å². The van der Waals surface area contributed by atoms with E-state index in [9.17, 15) is 23.3 Å². The minimum Gasteiger partial charge on any atom is -0.437 e. The highest BCUT2D eigenvalue weighted by Crippen LogP contribution is 2.37. The molecule has 1 aliphatic heterocycles. The monoisotopic (exact) mass is 561 g/mol. The zero-order chi connectivity index (χ0) is 27.6. The fraction of sp³-hybridized carbons (Fsp3) is 0.360. The summed E-state index contributed by atoms with van der Waals surface area (Å²) in [5, 5.41) is 19.2. The van der Waals surface area contributed by atoms with Gasteiger partial charge in [0.2, 0.25) is 15.9 Å². The quantitative estimate of drug-likeness (QED) is 0.295. The van der Waals surface area contributed by atoms with E-state index in [0.717, 1.165) is 6.07 Å². The third kappa shape index (κ3) is 5.66. The summed E-state index contributed by atoms with van der Waals surface area (Å²) in [4.78, 5) is 23.4. The van der Waals surface area contributed by atoms with Crippen molar-refractivity contribution in [2.45, 2.75) is 38.5 Å². The Morgan fingerprint density at radius 1 is 1.21 bits per heavy atom. The van der Waals surface area contributed by atoms with E-state index in [4.69, 9.17) is 16.3 Å². The molecule has 2 heterocycles. The van der Waals surface area contributed by atoms with Gasteiger partial charge in [-0.15, -0.1) is 0 Å². The van der Waals surface area contributed by atoms with Gasteiger partial charge in [0.25, 0.3) is 11.6 Å². The molecule has 202 valence electrons. The van der Waals surface area contributed by atoms with Gasteiger partial charge in [-0.25, -0.2) is 8.42 Å². The first-order valence-corrected chi connectivity index (χ1v) is 13.9. The number of sulfonamides is 1. The second-order valence-electron chi connectivity index (χ2n) is 9.38. The summed E-state index contributed by atoms with van der Waals surface area (Å²) >= 11 is 6.20. The second-order valence-corrected chi connectivity index (χ2v) is 11.7. The van der Waals surface area contributed by atoms with Crippen LogP contribution in [-0.4, -0.2) is 53.0 Å². The first-order chi connectivity index (χ1) is 18.0. The topological polar surface area (TPSA) is 137 Å². The van der Waals surface area contributed by atoms with Crippen LogP contribution in [0.5, 0.6) is 11.6 Å². The Morgan fingerprint density at radius 3 is 2.55 bits per heavy atom. The van der Waals surface area contributed by atoms with Crippen molar-refractivity contribution in [3.8, 4) is 17.3 Å². The summed E-state index contributed by atoms with van der Waals surface area (Å²) in [5.74, 6) is -0.254. The van der Waals surface area contributed by atoms with E-state index in [1.165, 1.54) is 21.1 Å². The molecule has 0 radical (unpaired) electrons. The number of nitro groups is 1. The Labute approximate surface area is 225 Å². The molecule has 3 aromatic rings. The van der Waals surface area contributed by atoms with Crippen LogP contribution >= 0.6 is 11.6 Å². The Morgan fingerprint density at radius 2 is 1.92 bits per heavy atom. The van der Waals surface area contributed by atoms with Crippen LogP contribution in [0.25, 0.3) is 5.69 Å². The summed E-state index contributed by atoms with van der Waals surface area (Å²) in [7, 11) is -4.10. The predicted molar refractivity (Wildman–Crippen MR) is 142 cm³/mol. The van der Waals surface area contributed by atoms with Gasteiger partial charge in [0, 0.05) is 42.4 Å². The third-order valence-electron chi connectivity index (χ3n) is 6.03. The molecule has 0 saturated carbocycles. The number of halogens is 1. The van der Waals surface area contributed by atoms with Crippen molar-refractivity contribution in [3.63, 3.8) is 0 Å². The summed E-state index contributed by atoms with van der Waals surface area (Å²) in [6, 6.07) is 10.1. The van der Waals surface area contributed by atoms with Crippen molar-refractivity contribution in [2.24, 2.45) is 5.92 Å². The molecule has 13 heteroatoms. The molecule has 1 amide bonds. The molecule has 1 saturated heterocycles. The average molecular weight is 562 g/mol. The van der Waals surface area contributed by atoms with E-state index < -0.39 is 20.9 Å². The molecule has 0 bridgehead atoms. The predicted octanol–water partition coefficient (Wildman–Crippen LogP) is 4.70. The van der Waals surface area contributed by atoms with Gasteiger partial charge in [-0.3, -0.25) is 14.9 Å². The lowest BCUT2D eigenvalue weighted by Crippen LogP contribution is -2.28. The average Bonchev–Trinajstić information content (AvgIpc) is 3.52. The van der Waals surface area contributed by atoms with Crippen molar-refractivity contribution in [1.29, 1.82) is 0 Å². The van der Waals surface area contributed by atoms with E-state index in [2.05, 4.69) is 10.4 Å². The Balaban J connectivity index is 1.85. The lowest BCUT2D eigenvalue weighted by Gasteiger charge is -2.18. The van der Waals surface area contributed by atoms with Gasteiger partial charge >= 0.3 is 0 Å². The van der Waals surface area contributed by atoms with Crippen molar-refractivity contribution in [2.75, 3.05) is 19.6 Å². The van der Waals surface area contributed by atoms with Gasteiger partial charge in [0.1, 0.15) is 10.6 Å². The number of carbonyl (C=O) groups excluding carboxylic acids is 1. The molecule has 1 N–H and O–H groups in total. The second kappa shape index (κ2) is 11.1. The van der Waals surface area contributed by atoms with E-state index in [1.807, 2.05) is 13.8 Å². The van der Waals surface area contributed by atoms with Gasteiger partial charge in [-0.1, -0.05) is 31.5 Å². The van der Waals surface area contributed by atoms with Crippen LogP contribution in [-0.2, 0) is 10.0 Å². The smallest absolute Gasteiger partial charge is 0.272 e. The number of hydrogen-bond acceptors (Lipinski definition) is 7. The molecule has 0 unspecified atom stereocenters. The number of nitrogens with zero attached hydrogens (tertiary/aromatic N) is 4. The van der Waals surface area contributed by atoms with Gasteiger partial charge in [-0.05, 0) is 49.9 Å². The van der Waals surface area contributed by atoms with Crippen LogP contribution in [0, 0.1) is 23.0 Å². The molecule has 1 aromatic heterocycles. The molecule has 2 aromatic carbocycles. The van der Waals surface area contributed by atoms with Crippen LogP contribution < -0.4 is 10.1 Å². The maximum Gasteiger partial charge on any atom is 0.272 e. The Hall–Kier alpha value is -3.48. The summed E-state index contributed by atoms with van der Waals surface area (Å²) in [5.41, 5.74) is 0.536. The van der Waals surface area contributed by atoms with E-state index in [0.29, 0.717) is 48.7 Å². The molecule has 0 atom stereocenters. The zero-order valence-electron chi connectivity index (χ0n) is 21.2. The maximum atomic E-state index is 13.5. The Bertz CT molecular complexity index is 1480. The highest BCUT2D eigenvalue weighted by Gasteiger charge is 2.33. The SMILES string of the molecule is Cc1c(C(=O)NCC(C)C)nn(-c2cccc(Cl)c2)c1Oc1ccc([N+](=O)[O-])cc1S(=O)(=O)N1CCCC1. The van der Waals surface area contributed by atoms with Crippen LogP contribution in [0.4, 0.5) is 5.69 Å². The molecular weight excluding hydrogens is 534 g/mol. The van der Waals surface area contributed by atoms with Crippen LogP contribution in [0.15, 0.2) is 47.4 Å². The fourth-order valence-corrected chi connectivity index (χ4v) is 5.88. The summed E-state index contributed by atoms with van der Waals surface area (Å²) in [6.07, 6.45) is 1.39. The first kappa shape index (κ1) is 27.6. The fourth-order valence-electron chi connectivity index (χ4n) is 4.05. The third-order valence-corrected chi connectivity index (χ3v) is 8.19. The molecule has 38 heavy (non-hydrogen) atoms. The zero-order valence-corrected chi connectivity index (χ0v) is 22.8. The lowest BCUT2D eigenvalue weighted by molar-refractivity contribution is -0.385. The van der Waals surface area contributed by atoms with Gasteiger partial charge < -0.3 is 10.1 Å². The van der Waals surface area contributed by atoms with Crippen LogP contribution in [0.1, 0.15) is 42.7 Å². The molecule has 0 aliphatic carbocycles. The van der Waals surface area contributed by atoms with Crippen molar-refractivity contribution >= 4 is 33.2 Å². The molecule has 0 spiro atoms. The normalized spacial score (nSPS) is 14.1. The van der Waals surface area contributed by atoms with Crippen molar-refractivity contribution < 1.29 is 22.9 Å². The summed E-state index contributed by atoms with van der Waals surface area (Å²) < 4.78 is 35.8. The number of nitro benzene ring substituents is 1. The molecule has 4 rings (SSSR count). The van der Waals surface area contributed by atoms with Gasteiger partial charge in [-0.2, -0.15) is 14.1 Å². The first-order valence-electron chi connectivity index (χ1n) is 12.1. The Kier molecular flexibility index (Phi) is 8.05. The minimum atomic E-state index is -4.10. The minimum absolute atomic E-state index is 0.0775. The highest BCUT2D eigenvalue weighted by molar-refractivity contribution is 7.89. The summed E-state index contributed by atoms with van der Waals surface area (Å²) in [6.45, 7) is 6.60. The number of aromatic nitrogens is 2. The van der Waals surface area contributed by atoms with Gasteiger partial charge in [0.05, 0.1) is 10.6 Å². The standard InChI is InChI=1S/C25H28ClN5O6S/c1-16(2)15-27-24(32)23-17(3)25(30(28-23)19-8-6-7-18(26)13-19)37-21-10-9-20(31(33)34)14-22(21)38(35,36)29-11-4-5-12-29/h6-10,13-14,16H,4-5,11-12,15H2,1-3H3,(H,27,32). The number of non-ortho nitro benzene ring substituents is 1. The number of nitrogens with one attached hydrogen (secondary N) is 1. The number of carbonyl (C=O) groups is 1. The van der Waals surface area contributed by atoms with Gasteiger partial charge in [0.15, 0.2) is 5.69 Å². The molecule has 11 nitrogen and oxygen atoms in total. The molecular formula is C25H28ClN5O6S. The number of hydrogen-bond donors (Lipinski definition) is 1. The highest BCUT2D eigenvalue weighted by atomic mass is 35.5. The lowest BCUT2D eigenvalue weighted by atomic mass is 10.2. The van der Waals surface area contributed by atoms with Crippen molar-refractivity contribution in [1.82, 2.24) is 19.4 Å². The number of amides is 1. The van der Waals surface area contributed by atoms with Crippen LogP contribution in [0.3, 0.4) is 0 Å². The molecule has 1 aliphatic rings. The van der Waals surface area contributed by atoms with E-state index in [-0.39, 0.29) is 33.8 Å². The number of rotatable bonds is 9. The largest absolute Gasteiger partial charge is 0.437 e. The number of benzene rings is 2. The maximum absolute atomic E-state index is 13.5. The number of ether oxygens (including phenoxy) is 1. The van der Waals surface area contributed by atoms with Crippen LogP contribution in [0.2, 0.25) is 5.02 Å². The van der Waals surface area contributed by atoms with Crippen molar-refractivity contribution in [3.05, 3.63) is 68.9 Å². The van der Waals surface area contributed by atoms with E-state index >= 15 is 0 Å².